The van der Waals surface area contributed by atoms with E-state index in [-0.39, 0.29) is 0 Å². The van der Waals surface area contributed by atoms with Crippen LogP contribution in [0.25, 0.3) is 154 Å². The van der Waals surface area contributed by atoms with E-state index < -0.39 is 0 Å². The van der Waals surface area contributed by atoms with Gasteiger partial charge in [0, 0.05) is 8.95 Å². The van der Waals surface area contributed by atoms with E-state index >= 15 is 0 Å². The van der Waals surface area contributed by atoms with E-state index in [0.717, 1.165) is 42.3 Å². The van der Waals surface area contributed by atoms with Crippen molar-refractivity contribution in [2.75, 3.05) is 0 Å². The first kappa shape index (κ1) is 48.0. The Labute approximate surface area is 482 Å². The molecule has 0 aromatic heterocycles. The van der Waals surface area contributed by atoms with Gasteiger partial charge in [-0.15, -0.1) is 0 Å². The van der Waals surface area contributed by atoms with E-state index in [1.54, 1.807) is 0 Å². The van der Waals surface area contributed by atoms with Gasteiger partial charge in [0.2, 0.25) is 0 Å². The number of hydrogen-bond acceptors (Lipinski definition) is 0. The molecule has 0 heterocycles. The second-order valence-electron chi connectivity index (χ2n) is 20.8. The Kier molecular flexibility index (Phi) is 12.0. The molecule has 0 saturated carbocycles. The van der Waals surface area contributed by atoms with Gasteiger partial charge < -0.3 is 0 Å². The summed E-state index contributed by atoms with van der Waals surface area (Å²) in [6.07, 6.45) is 0. The molecule has 0 atom stereocenters. The quantitative estimate of drug-likeness (QED) is 0.133. The molecule has 0 fully saturated rings. The first-order valence-electron chi connectivity index (χ1n) is 27.3. The number of benzene rings is 15. The van der Waals surface area contributed by atoms with Crippen LogP contribution in [0.2, 0.25) is 0 Å². The van der Waals surface area contributed by atoms with Crippen LogP contribution in [0.1, 0.15) is 0 Å². The van der Waals surface area contributed by atoms with Crippen LogP contribution in [0.15, 0.2) is 300 Å². The fourth-order valence-corrected chi connectivity index (χ4v) is 13.7. The van der Waals surface area contributed by atoms with Gasteiger partial charge in [-0.2, -0.15) is 0 Å². The highest BCUT2D eigenvalue weighted by atomic mass is 79.9. The third kappa shape index (κ3) is 8.01. The molecule has 0 N–H and O–H groups in total. The molecule has 80 heavy (non-hydrogen) atoms. The lowest BCUT2D eigenvalue weighted by Gasteiger charge is -2.23. The van der Waals surface area contributed by atoms with Gasteiger partial charge in [-0.3, -0.25) is 0 Å². The molecule has 0 aliphatic heterocycles. The maximum Gasteiger partial charge on any atom is 0.0181 e. The predicted octanol–water partition coefficient (Wildman–Crippen LogP) is 23.5. The molecule has 0 radical (unpaired) electrons. The SMILES string of the molecule is Brc1ccc(-c2ccc(-c3ccc(Br)cc3-c3cc(-c4ccccc4)c4c5ccccc5c5ccccc5c4c3-c3ccccc3)cc2)c(-c2cc(-c3ccccc3)c3c4ccccc4c4ccccc4c3c2-c2ccccc2)c1. The summed E-state index contributed by atoms with van der Waals surface area (Å²) >= 11 is 7.98. The van der Waals surface area contributed by atoms with Crippen LogP contribution >= 0.6 is 31.9 Å². The lowest BCUT2D eigenvalue weighted by atomic mass is 9.80. The first-order valence-corrected chi connectivity index (χ1v) is 28.9. The van der Waals surface area contributed by atoms with Crippen molar-refractivity contribution < 1.29 is 0 Å². The summed E-state index contributed by atoms with van der Waals surface area (Å²) in [5, 5.41) is 15.0. The fourth-order valence-electron chi connectivity index (χ4n) is 12.9. The van der Waals surface area contributed by atoms with Gasteiger partial charge >= 0.3 is 0 Å². The molecule has 0 nitrogen and oxygen atoms in total. The number of halogens is 2. The van der Waals surface area contributed by atoms with Crippen LogP contribution in [-0.2, 0) is 0 Å². The van der Waals surface area contributed by atoms with Crippen molar-refractivity contribution in [1.29, 1.82) is 0 Å². The fraction of sp³-hybridized carbons (Fsp3) is 0. The minimum absolute atomic E-state index is 1.02. The van der Waals surface area contributed by atoms with Crippen molar-refractivity contribution >= 4 is 96.5 Å². The maximum absolute atomic E-state index is 3.99. The number of rotatable bonds is 8. The second kappa shape index (κ2) is 19.9. The molecule has 15 aromatic rings. The molecule has 15 aromatic carbocycles. The van der Waals surface area contributed by atoms with Crippen LogP contribution < -0.4 is 0 Å². The Balaban J connectivity index is 0.974. The van der Waals surface area contributed by atoms with Gasteiger partial charge in [-0.1, -0.05) is 287 Å². The second-order valence-corrected chi connectivity index (χ2v) is 22.6. The van der Waals surface area contributed by atoms with Gasteiger partial charge in [0.15, 0.2) is 0 Å². The molecule has 0 aliphatic carbocycles. The topological polar surface area (TPSA) is 0 Å². The van der Waals surface area contributed by atoms with Crippen molar-refractivity contribution in [3.63, 3.8) is 0 Å². The highest BCUT2D eigenvalue weighted by Gasteiger charge is 2.26. The van der Waals surface area contributed by atoms with Crippen molar-refractivity contribution in [3.05, 3.63) is 300 Å². The van der Waals surface area contributed by atoms with E-state index in [1.165, 1.54) is 120 Å². The van der Waals surface area contributed by atoms with Gasteiger partial charge in [0.05, 0.1) is 0 Å². The summed E-state index contributed by atoms with van der Waals surface area (Å²) in [5.41, 5.74) is 18.8. The average molecular weight is 1150 g/mol. The average Bonchev–Trinajstić information content (AvgIpc) is 3.57. The smallest absolute Gasteiger partial charge is 0.0181 e. The Hall–Kier alpha value is -9.18. The van der Waals surface area contributed by atoms with Gasteiger partial charge in [0.1, 0.15) is 0 Å². The van der Waals surface area contributed by atoms with E-state index in [1.807, 2.05) is 0 Å². The Morgan fingerprint density at radius 2 is 0.425 bits per heavy atom. The summed E-state index contributed by atoms with van der Waals surface area (Å²) in [7, 11) is 0. The van der Waals surface area contributed by atoms with Crippen LogP contribution in [0.5, 0.6) is 0 Å². The summed E-state index contributed by atoms with van der Waals surface area (Å²) in [6.45, 7) is 0. The number of hydrogen-bond donors (Lipinski definition) is 0. The van der Waals surface area contributed by atoms with Crippen molar-refractivity contribution in [2.24, 2.45) is 0 Å². The number of fused-ring (bicyclic) bond motifs is 12. The minimum atomic E-state index is 1.02. The molecule has 0 saturated heterocycles. The summed E-state index contributed by atoms with van der Waals surface area (Å²) in [4.78, 5) is 0. The molecule has 15 rings (SSSR count). The zero-order valence-corrected chi connectivity index (χ0v) is 46.6. The highest BCUT2D eigenvalue weighted by molar-refractivity contribution is 9.10. The zero-order chi connectivity index (χ0) is 53.3. The molecule has 0 bridgehead atoms. The zero-order valence-electron chi connectivity index (χ0n) is 43.5. The summed E-state index contributed by atoms with van der Waals surface area (Å²) in [6, 6.07) is 108. The predicted molar refractivity (Wildman–Crippen MR) is 350 cm³/mol. The van der Waals surface area contributed by atoms with Crippen LogP contribution in [-0.4, -0.2) is 0 Å². The van der Waals surface area contributed by atoms with Crippen molar-refractivity contribution in [3.8, 4) is 89.0 Å². The van der Waals surface area contributed by atoms with Gasteiger partial charge in [-0.25, -0.2) is 0 Å². The van der Waals surface area contributed by atoms with E-state index in [9.17, 15) is 0 Å². The molecule has 0 aliphatic rings. The standard InChI is InChI=1S/C78H48Br2/c79-55-41-43-57(69(45-55)71-47-67(49-21-5-1-6-22-49)75-63-33-17-13-29-59(63)61-31-15-19-35-65(61)77(75)73(71)53-25-9-3-10-26-53)51-37-39-52(40-38-51)58-44-42-56(80)46-70(58)72-48-68(50-23-7-2-8-24-50)76-64-34-18-14-30-60(64)62-32-16-20-36-66(62)78(76)74(72)54-27-11-4-12-28-54/h1-48H. The molecular weight excluding hydrogens is 1100 g/mol. The van der Waals surface area contributed by atoms with Crippen LogP contribution in [0.4, 0.5) is 0 Å². The van der Waals surface area contributed by atoms with Crippen LogP contribution in [0.3, 0.4) is 0 Å². The Bertz CT molecular complexity index is 4600. The minimum Gasteiger partial charge on any atom is -0.0622 e. The van der Waals surface area contributed by atoms with Crippen molar-refractivity contribution in [2.45, 2.75) is 0 Å². The lowest BCUT2D eigenvalue weighted by Crippen LogP contribution is -1.96. The summed E-state index contributed by atoms with van der Waals surface area (Å²) < 4.78 is 2.05. The normalized spacial score (nSPS) is 11.6. The molecule has 0 unspecified atom stereocenters. The molecule has 0 amide bonds. The third-order valence-electron chi connectivity index (χ3n) is 16.4. The Morgan fingerprint density at radius 3 is 0.750 bits per heavy atom. The molecule has 0 spiro atoms. The van der Waals surface area contributed by atoms with Crippen molar-refractivity contribution in [1.82, 2.24) is 0 Å². The molecule has 374 valence electrons. The van der Waals surface area contributed by atoms with E-state index in [4.69, 9.17) is 0 Å². The Morgan fingerprint density at radius 1 is 0.163 bits per heavy atom. The molecular formula is C78H48Br2. The van der Waals surface area contributed by atoms with E-state index in [2.05, 4.69) is 323 Å². The van der Waals surface area contributed by atoms with Crippen LogP contribution in [0, 0.1) is 0 Å². The van der Waals surface area contributed by atoms with Gasteiger partial charge in [0.25, 0.3) is 0 Å². The molecule has 2 heteroatoms. The highest BCUT2D eigenvalue weighted by Crippen LogP contribution is 2.53. The third-order valence-corrected chi connectivity index (χ3v) is 17.4. The van der Waals surface area contributed by atoms with Gasteiger partial charge in [-0.05, 0) is 190 Å². The first-order chi connectivity index (χ1) is 39.6. The monoisotopic (exact) mass is 1140 g/mol. The summed E-state index contributed by atoms with van der Waals surface area (Å²) in [5.74, 6) is 0. The largest absolute Gasteiger partial charge is 0.0622 e. The lowest BCUT2D eigenvalue weighted by molar-refractivity contribution is 1.54. The maximum atomic E-state index is 3.99. The van der Waals surface area contributed by atoms with E-state index in [0.29, 0.717) is 0 Å².